The lowest BCUT2D eigenvalue weighted by Gasteiger charge is -2.21. The van der Waals surface area contributed by atoms with E-state index in [9.17, 15) is 12.8 Å². The highest BCUT2D eigenvalue weighted by atomic mass is 32.2. The number of halogens is 1. The van der Waals surface area contributed by atoms with Gasteiger partial charge in [-0.2, -0.15) is 0 Å². The Kier molecular flexibility index (Phi) is 5.68. The molecular weight excluding hydrogens is 281 g/mol. The molecule has 0 bridgehead atoms. The molecule has 1 rings (SSSR count). The molecule has 0 amide bonds. The first-order valence-electron chi connectivity index (χ1n) is 6.55. The van der Waals surface area contributed by atoms with Crippen molar-refractivity contribution in [3.8, 4) is 0 Å². The lowest BCUT2D eigenvalue weighted by atomic mass is 9.89. The Morgan fingerprint density at radius 2 is 2.00 bits per heavy atom. The molecule has 0 saturated heterocycles. The molecule has 0 unspecified atom stereocenters. The van der Waals surface area contributed by atoms with Gasteiger partial charge >= 0.3 is 0 Å². The monoisotopic (exact) mass is 303 g/mol. The van der Waals surface area contributed by atoms with E-state index in [0.717, 1.165) is 6.07 Å². The van der Waals surface area contributed by atoms with E-state index in [-0.39, 0.29) is 23.5 Å². The van der Waals surface area contributed by atoms with Gasteiger partial charge in [-0.3, -0.25) is 0 Å². The van der Waals surface area contributed by atoms with Gasteiger partial charge in [0.05, 0.1) is 0 Å². The predicted molar refractivity (Wildman–Crippen MR) is 76.4 cm³/mol. The normalized spacial score (nSPS) is 12.7. The van der Waals surface area contributed by atoms with Gasteiger partial charge in [-0.15, -0.1) is 0 Å². The summed E-state index contributed by atoms with van der Waals surface area (Å²) in [7, 11) is -3.83. The largest absolute Gasteiger partial charge is 0.396 e. The summed E-state index contributed by atoms with van der Waals surface area (Å²) in [6.45, 7) is 5.79. The molecular formula is C14H22FNO3S. The van der Waals surface area contributed by atoms with Crippen molar-refractivity contribution in [2.45, 2.75) is 38.5 Å². The lowest BCUT2D eigenvalue weighted by molar-refractivity contribution is 0.148. The molecule has 114 valence electrons. The molecule has 4 nitrogen and oxygen atoms in total. The topological polar surface area (TPSA) is 66.4 Å². The van der Waals surface area contributed by atoms with Gasteiger partial charge in [0.1, 0.15) is 10.7 Å². The number of sulfonamides is 1. The van der Waals surface area contributed by atoms with E-state index in [4.69, 9.17) is 5.11 Å². The SMILES string of the molecule is Cc1ccc(F)c(S(=O)(=O)NCCCC(C)(C)CO)c1. The van der Waals surface area contributed by atoms with Gasteiger partial charge in [0.2, 0.25) is 10.0 Å². The third-order valence-corrected chi connectivity index (χ3v) is 4.60. The average molecular weight is 303 g/mol. The smallest absolute Gasteiger partial charge is 0.243 e. The van der Waals surface area contributed by atoms with Crippen molar-refractivity contribution < 1.29 is 17.9 Å². The van der Waals surface area contributed by atoms with Gasteiger partial charge in [-0.1, -0.05) is 19.9 Å². The number of benzene rings is 1. The second-order valence-electron chi connectivity index (χ2n) is 5.76. The molecule has 20 heavy (non-hydrogen) atoms. The molecule has 1 aromatic rings. The van der Waals surface area contributed by atoms with Crippen LogP contribution in [-0.4, -0.2) is 26.7 Å². The molecule has 0 heterocycles. The fraction of sp³-hybridized carbons (Fsp3) is 0.571. The highest BCUT2D eigenvalue weighted by molar-refractivity contribution is 7.89. The number of aliphatic hydroxyl groups is 1. The van der Waals surface area contributed by atoms with E-state index in [1.165, 1.54) is 12.1 Å². The van der Waals surface area contributed by atoms with Gasteiger partial charge in [-0.25, -0.2) is 17.5 Å². The minimum atomic E-state index is -3.83. The third kappa shape index (κ3) is 4.85. The maximum absolute atomic E-state index is 13.6. The Balaban J connectivity index is 2.65. The lowest BCUT2D eigenvalue weighted by Crippen LogP contribution is -2.27. The first-order chi connectivity index (χ1) is 9.18. The fourth-order valence-electron chi connectivity index (χ4n) is 1.75. The Labute approximate surface area is 120 Å². The molecule has 2 N–H and O–H groups in total. The van der Waals surface area contributed by atoms with E-state index in [0.29, 0.717) is 18.4 Å². The van der Waals surface area contributed by atoms with Crippen LogP contribution in [0, 0.1) is 18.2 Å². The molecule has 0 aromatic heterocycles. The summed E-state index contributed by atoms with van der Waals surface area (Å²) >= 11 is 0. The third-order valence-electron chi connectivity index (χ3n) is 3.13. The molecule has 0 radical (unpaired) electrons. The van der Waals surface area contributed by atoms with E-state index < -0.39 is 15.8 Å². The van der Waals surface area contributed by atoms with Gasteiger partial charge in [0.15, 0.2) is 0 Å². The summed E-state index contributed by atoms with van der Waals surface area (Å²) < 4.78 is 40.0. The minimum absolute atomic E-state index is 0.0479. The maximum atomic E-state index is 13.6. The Morgan fingerprint density at radius 1 is 1.35 bits per heavy atom. The van der Waals surface area contributed by atoms with Crippen molar-refractivity contribution in [3.63, 3.8) is 0 Å². The number of hydrogen-bond donors (Lipinski definition) is 2. The van der Waals surface area contributed by atoms with Crippen molar-refractivity contribution in [1.82, 2.24) is 4.72 Å². The van der Waals surface area contributed by atoms with Crippen LogP contribution < -0.4 is 4.72 Å². The van der Waals surface area contributed by atoms with Crippen molar-refractivity contribution in [2.24, 2.45) is 5.41 Å². The van der Waals surface area contributed by atoms with Crippen LogP contribution in [0.3, 0.4) is 0 Å². The maximum Gasteiger partial charge on any atom is 0.243 e. The summed E-state index contributed by atoms with van der Waals surface area (Å²) in [4.78, 5) is -0.320. The summed E-state index contributed by atoms with van der Waals surface area (Å²) in [5.41, 5.74) is 0.452. The molecule has 6 heteroatoms. The van der Waals surface area contributed by atoms with E-state index in [1.807, 2.05) is 13.8 Å². The number of aryl methyl sites for hydroxylation is 1. The van der Waals surface area contributed by atoms with Gasteiger partial charge in [0, 0.05) is 13.2 Å². The average Bonchev–Trinajstić information content (AvgIpc) is 2.37. The van der Waals surface area contributed by atoms with Crippen LogP contribution in [0.25, 0.3) is 0 Å². The zero-order chi connectivity index (χ0) is 15.4. The minimum Gasteiger partial charge on any atom is -0.396 e. The van der Waals surface area contributed by atoms with Gasteiger partial charge < -0.3 is 5.11 Å². The number of aliphatic hydroxyl groups excluding tert-OH is 1. The Morgan fingerprint density at radius 3 is 2.60 bits per heavy atom. The van der Waals surface area contributed by atoms with E-state index in [1.54, 1.807) is 6.92 Å². The second-order valence-corrected chi connectivity index (χ2v) is 7.49. The Hall–Kier alpha value is -0.980. The molecule has 0 aliphatic rings. The summed E-state index contributed by atoms with van der Waals surface area (Å²) in [6.07, 6.45) is 1.27. The van der Waals surface area contributed by atoms with Gasteiger partial charge in [-0.05, 0) is 42.9 Å². The van der Waals surface area contributed by atoms with E-state index >= 15 is 0 Å². The van der Waals surface area contributed by atoms with Gasteiger partial charge in [0.25, 0.3) is 0 Å². The van der Waals surface area contributed by atoms with Crippen LogP contribution in [-0.2, 0) is 10.0 Å². The van der Waals surface area contributed by atoms with E-state index in [2.05, 4.69) is 4.72 Å². The molecule has 0 fully saturated rings. The summed E-state index contributed by atoms with van der Waals surface area (Å²) in [5, 5.41) is 9.11. The first kappa shape index (κ1) is 17.1. The predicted octanol–water partition coefficient (Wildman–Crippen LogP) is 2.21. The number of hydrogen-bond acceptors (Lipinski definition) is 3. The molecule has 0 aliphatic carbocycles. The number of rotatable bonds is 7. The summed E-state index contributed by atoms with van der Waals surface area (Å²) in [5.74, 6) is -0.751. The first-order valence-corrected chi connectivity index (χ1v) is 8.03. The zero-order valence-electron chi connectivity index (χ0n) is 12.1. The van der Waals surface area contributed by atoms with Crippen LogP contribution in [0.1, 0.15) is 32.3 Å². The second kappa shape index (κ2) is 6.65. The summed E-state index contributed by atoms with van der Waals surface area (Å²) in [6, 6.07) is 3.99. The van der Waals surface area contributed by atoms with Crippen LogP contribution >= 0.6 is 0 Å². The van der Waals surface area contributed by atoms with Crippen molar-refractivity contribution in [3.05, 3.63) is 29.6 Å². The standard InChI is InChI=1S/C14H22FNO3S/c1-11-5-6-12(15)13(9-11)20(18,19)16-8-4-7-14(2,3)10-17/h5-6,9,16-17H,4,7-8,10H2,1-3H3. The highest BCUT2D eigenvalue weighted by Gasteiger charge is 2.20. The van der Waals surface area contributed by atoms with Crippen molar-refractivity contribution in [2.75, 3.05) is 13.2 Å². The molecule has 1 aromatic carbocycles. The van der Waals surface area contributed by atoms with Crippen LogP contribution in [0.5, 0.6) is 0 Å². The Bertz CT molecular complexity index is 556. The molecule has 0 spiro atoms. The molecule has 0 aliphatic heterocycles. The number of nitrogens with one attached hydrogen (secondary N) is 1. The highest BCUT2D eigenvalue weighted by Crippen LogP contribution is 2.21. The molecule has 0 saturated carbocycles. The quantitative estimate of drug-likeness (QED) is 0.759. The van der Waals surface area contributed by atoms with Crippen molar-refractivity contribution in [1.29, 1.82) is 0 Å². The fourth-order valence-corrected chi connectivity index (χ4v) is 2.98. The van der Waals surface area contributed by atoms with Crippen LogP contribution in [0.2, 0.25) is 0 Å². The zero-order valence-corrected chi connectivity index (χ0v) is 12.9. The molecule has 0 atom stereocenters. The van der Waals surface area contributed by atoms with Crippen LogP contribution in [0.4, 0.5) is 4.39 Å². The van der Waals surface area contributed by atoms with Crippen LogP contribution in [0.15, 0.2) is 23.1 Å². The van der Waals surface area contributed by atoms with Crippen molar-refractivity contribution >= 4 is 10.0 Å².